The number of imidazole rings is 1. The smallest absolute Gasteiger partial charge is 0.155 e. The number of rotatable bonds is 5. The third kappa shape index (κ3) is 2.72. The zero-order valence-electron chi connectivity index (χ0n) is 12.6. The van der Waals surface area contributed by atoms with Gasteiger partial charge in [0.15, 0.2) is 5.65 Å². The molecule has 1 aliphatic rings. The highest BCUT2D eigenvalue weighted by Crippen LogP contribution is 2.42. The molecule has 2 aromatic rings. The van der Waals surface area contributed by atoms with Gasteiger partial charge in [-0.05, 0) is 29.3 Å². The van der Waals surface area contributed by atoms with Crippen LogP contribution in [0.3, 0.4) is 0 Å². The van der Waals surface area contributed by atoms with Gasteiger partial charge in [-0.1, -0.05) is 13.8 Å². The molecule has 1 N–H and O–H groups in total. The van der Waals surface area contributed by atoms with Crippen molar-refractivity contribution in [1.82, 2.24) is 19.7 Å². The monoisotopic (exact) mass is 352 g/mol. The summed E-state index contributed by atoms with van der Waals surface area (Å²) in [6.07, 6.45) is 7.06. The Labute approximate surface area is 133 Å². The van der Waals surface area contributed by atoms with Crippen LogP contribution in [-0.4, -0.2) is 33.1 Å². The molecule has 1 aliphatic carbocycles. The van der Waals surface area contributed by atoms with Gasteiger partial charge in [-0.25, -0.2) is 9.97 Å². The first-order valence-electron chi connectivity index (χ1n) is 7.35. The highest BCUT2D eigenvalue weighted by Gasteiger charge is 2.48. The molecular formula is C15H21BrN4O. The first-order chi connectivity index (χ1) is 10.0. The molecule has 0 saturated heterocycles. The SMILES string of the molecule is CCOC1CC(NCc2cnc3cnc(Br)cn23)C1(C)C. The summed E-state index contributed by atoms with van der Waals surface area (Å²) in [6, 6.07) is 0.477. The molecule has 0 aromatic carbocycles. The van der Waals surface area contributed by atoms with E-state index in [-0.39, 0.29) is 5.41 Å². The van der Waals surface area contributed by atoms with Crippen molar-refractivity contribution in [2.24, 2.45) is 5.41 Å². The average Bonchev–Trinajstić information content (AvgIpc) is 2.84. The Kier molecular flexibility index (Phi) is 4.03. The van der Waals surface area contributed by atoms with Gasteiger partial charge in [-0.15, -0.1) is 0 Å². The molecule has 1 fully saturated rings. The predicted molar refractivity (Wildman–Crippen MR) is 85.1 cm³/mol. The summed E-state index contributed by atoms with van der Waals surface area (Å²) < 4.78 is 8.65. The topological polar surface area (TPSA) is 51.5 Å². The number of halogens is 1. The van der Waals surface area contributed by atoms with Crippen molar-refractivity contribution in [1.29, 1.82) is 0 Å². The van der Waals surface area contributed by atoms with Crippen LogP contribution in [0.4, 0.5) is 0 Å². The predicted octanol–water partition coefficient (Wildman–Crippen LogP) is 2.79. The number of hydrogen-bond donors (Lipinski definition) is 1. The van der Waals surface area contributed by atoms with Crippen LogP contribution in [0, 0.1) is 5.41 Å². The van der Waals surface area contributed by atoms with Crippen LogP contribution >= 0.6 is 15.9 Å². The molecule has 0 bridgehead atoms. The van der Waals surface area contributed by atoms with Gasteiger partial charge >= 0.3 is 0 Å². The maximum absolute atomic E-state index is 5.77. The van der Waals surface area contributed by atoms with E-state index in [9.17, 15) is 0 Å². The van der Waals surface area contributed by atoms with Crippen LogP contribution in [0.1, 0.15) is 32.9 Å². The largest absolute Gasteiger partial charge is 0.378 e. The van der Waals surface area contributed by atoms with Crippen LogP contribution in [0.5, 0.6) is 0 Å². The van der Waals surface area contributed by atoms with Gasteiger partial charge in [-0.2, -0.15) is 0 Å². The summed E-state index contributed by atoms with van der Waals surface area (Å²) in [6.45, 7) is 8.17. The van der Waals surface area contributed by atoms with Crippen molar-refractivity contribution in [3.63, 3.8) is 0 Å². The molecule has 2 atom stereocenters. The number of ether oxygens (including phenoxy) is 1. The standard InChI is InChI=1S/C15H21BrN4O/c1-4-21-12-5-11(15(12,2)3)17-6-10-7-19-14-8-18-13(16)9-20(10)14/h7-9,11-12,17H,4-6H2,1-3H3. The molecule has 3 rings (SSSR count). The second kappa shape index (κ2) is 5.66. The number of aromatic nitrogens is 3. The number of fused-ring (bicyclic) bond motifs is 1. The lowest BCUT2D eigenvalue weighted by Gasteiger charge is -2.51. The van der Waals surface area contributed by atoms with Gasteiger partial charge < -0.3 is 10.1 Å². The minimum atomic E-state index is 0.179. The van der Waals surface area contributed by atoms with E-state index in [2.05, 4.69) is 56.4 Å². The van der Waals surface area contributed by atoms with Crippen molar-refractivity contribution in [2.45, 2.75) is 45.9 Å². The molecule has 0 amide bonds. The first-order valence-corrected chi connectivity index (χ1v) is 8.14. The Balaban J connectivity index is 1.66. The van der Waals surface area contributed by atoms with Crippen LogP contribution in [-0.2, 0) is 11.3 Å². The summed E-state index contributed by atoms with van der Waals surface area (Å²) >= 11 is 3.40. The number of nitrogens with one attached hydrogen (secondary N) is 1. The summed E-state index contributed by atoms with van der Waals surface area (Å²) in [4.78, 5) is 8.57. The molecule has 0 spiro atoms. The second-order valence-electron chi connectivity index (χ2n) is 6.12. The molecular weight excluding hydrogens is 332 g/mol. The second-order valence-corrected chi connectivity index (χ2v) is 6.93. The van der Waals surface area contributed by atoms with Crippen molar-refractivity contribution in [3.8, 4) is 0 Å². The van der Waals surface area contributed by atoms with Crippen LogP contribution in [0.2, 0.25) is 0 Å². The molecule has 5 nitrogen and oxygen atoms in total. The van der Waals surface area contributed by atoms with E-state index in [1.807, 2.05) is 12.4 Å². The number of hydrogen-bond acceptors (Lipinski definition) is 4. The van der Waals surface area contributed by atoms with E-state index in [0.717, 1.165) is 35.5 Å². The quantitative estimate of drug-likeness (QED) is 0.898. The van der Waals surface area contributed by atoms with Crippen LogP contribution in [0.25, 0.3) is 5.65 Å². The zero-order chi connectivity index (χ0) is 15.0. The molecule has 1 saturated carbocycles. The van der Waals surface area contributed by atoms with Gasteiger partial charge in [0.25, 0.3) is 0 Å². The molecule has 2 heterocycles. The molecule has 0 aliphatic heterocycles. The Morgan fingerprint density at radius 2 is 2.24 bits per heavy atom. The molecule has 114 valence electrons. The normalized spacial score (nSPS) is 24.2. The van der Waals surface area contributed by atoms with E-state index in [1.165, 1.54) is 0 Å². The van der Waals surface area contributed by atoms with Crippen molar-refractivity contribution >= 4 is 21.6 Å². The minimum Gasteiger partial charge on any atom is -0.378 e. The minimum absolute atomic E-state index is 0.179. The fourth-order valence-corrected chi connectivity index (χ4v) is 3.30. The lowest BCUT2D eigenvalue weighted by atomic mass is 9.64. The third-order valence-electron chi connectivity index (χ3n) is 4.52. The lowest BCUT2D eigenvalue weighted by Crippen LogP contribution is -2.60. The highest BCUT2D eigenvalue weighted by molar-refractivity contribution is 9.10. The van der Waals surface area contributed by atoms with E-state index >= 15 is 0 Å². The van der Waals surface area contributed by atoms with Crippen molar-refractivity contribution in [3.05, 3.63) is 28.9 Å². The van der Waals surface area contributed by atoms with Gasteiger partial charge in [0, 0.05) is 30.8 Å². The molecule has 2 unspecified atom stereocenters. The molecule has 0 radical (unpaired) electrons. The summed E-state index contributed by atoms with van der Waals surface area (Å²) in [5.74, 6) is 0. The maximum Gasteiger partial charge on any atom is 0.155 e. The van der Waals surface area contributed by atoms with E-state index in [1.54, 1.807) is 6.20 Å². The van der Waals surface area contributed by atoms with Gasteiger partial charge in [0.05, 0.1) is 24.2 Å². The number of nitrogens with zero attached hydrogens (tertiary/aromatic N) is 3. The van der Waals surface area contributed by atoms with Gasteiger partial charge in [0.2, 0.25) is 0 Å². The Morgan fingerprint density at radius 3 is 2.95 bits per heavy atom. The van der Waals surface area contributed by atoms with Crippen molar-refractivity contribution < 1.29 is 4.74 Å². The molecule has 2 aromatic heterocycles. The third-order valence-corrected chi connectivity index (χ3v) is 4.93. The fourth-order valence-electron chi connectivity index (χ4n) is 2.99. The lowest BCUT2D eigenvalue weighted by molar-refractivity contribution is -0.114. The molecule has 21 heavy (non-hydrogen) atoms. The molecule has 6 heteroatoms. The average molecular weight is 353 g/mol. The highest BCUT2D eigenvalue weighted by atomic mass is 79.9. The Bertz CT molecular complexity index is 640. The van der Waals surface area contributed by atoms with Crippen molar-refractivity contribution in [2.75, 3.05) is 6.61 Å². The summed E-state index contributed by atoms with van der Waals surface area (Å²) in [7, 11) is 0. The van der Waals surface area contributed by atoms with Crippen LogP contribution in [0.15, 0.2) is 23.2 Å². The van der Waals surface area contributed by atoms with Gasteiger partial charge in [0.1, 0.15) is 4.60 Å². The van der Waals surface area contributed by atoms with Gasteiger partial charge in [-0.3, -0.25) is 4.40 Å². The Hall–Kier alpha value is -0.980. The van der Waals surface area contributed by atoms with E-state index < -0.39 is 0 Å². The summed E-state index contributed by atoms with van der Waals surface area (Å²) in [5, 5.41) is 3.64. The van der Waals surface area contributed by atoms with E-state index in [0.29, 0.717) is 12.1 Å². The zero-order valence-corrected chi connectivity index (χ0v) is 14.2. The first kappa shape index (κ1) is 14.9. The van der Waals surface area contributed by atoms with E-state index in [4.69, 9.17) is 4.74 Å². The van der Waals surface area contributed by atoms with Crippen LogP contribution < -0.4 is 5.32 Å². The maximum atomic E-state index is 5.77. The summed E-state index contributed by atoms with van der Waals surface area (Å²) in [5.41, 5.74) is 2.19. The Morgan fingerprint density at radius 1 is 1.43 bits per heavy atom. The fraction of sp³-hybridized carbons (Fsp3) is 0.600.